The Bertz CT molecular complexity index is 886. The van der Waals surface area contributed by atoms with Crippen molar-refractivity contribution in [2.24, 2.45) is 0 Å². The molecular formula is C29H35ClO. The summed E-state index contributed by atoms with van der Waals surface area (Å²) in [6.45, 7) is 5.33. The highest BCUT2D eigenvalue weighted by Gasteiger charge is 2.21. The van der Waals surface area contributed by atoms with Crippen LogP contribution in [0.5, 0.6) is 0 Å². The van der Waals surface area contributed by atoms with Gasteiger partial charge in [-0.05, 0) is 64.8 Å². The molecule has 3 rings (SSSR count). The number of hydrogen-bond acceptors (Lipinski definition) is 1. The predicted octanol–water partition coefficient (Wildman–Crippen LogP) is 8.43. The third-order valence-corrected chi connectivity index (χ3v) is 6.74. The van der Waals surface area contributed by atoms with E-state index in [4.69, 9.17) is 16.3 Å². The van der Waals surface area contributed by atoms with E-state index in [1.807, 2.05) is 0 Å². The molecule has 3 aromatic rings. The second kappa shape index (κ2) is 12.1. The summed E-state index contributed by atoms with van der Waals surface area (Å²) < 4.78 is 5.26. The first-order valence-corrected chi connectivity index (χ1v) is 12.0. The Morgan fingerprint density at radius 2 is 1.29 bits per heavy atom. The van der Waals surface area contributed by atoms with Gasteiger partial charge in [0.05, 0.1) is 6.61 Å². The minimum Gasteiger partial charge on any atom is -0.380 e. The molecule has 164 valence electrons. The first-order chi connectivity index (χ1) is 15.1. The van der Waals surface area contributed by atoms with Gasteiger partial charge in [-0.25, -0.2) is 0 Å². The lowest BCUT2D eigenvalue weighted by Crippen LogP contribution is -2.10. The highest BCUT2D eigenvalue weighted by atomic mass is 35.5. The molecule has 3 unspecified atom stereocenters. The van der Waals surface area contributed by atoms with Crippen molar-refractivity contribution in [3.05, 3.63) is 107 Å². The molecule has 3 atom stereocenters. The molecule has 0 aliphatic rings. The summed E-state index contributed by atoms with van der Waals surface area (Å²) in [4.78, 5) is 0. The van der Waals surface area contributed by atoms with Gasteiger partial charge in [0, 0.05) is 13.0 Å². The van der Waals surface area contributed by atoms with Crippen molar-refractivity contribution < 1.29 is 4.74 Å². The highest BCUT2D eigenvalue weighted by molar-refractivity contribution is 6.17. The molecule has 0 aliphatic carbocycles. The molecule has 0 aromatic heterocycles. The summed E-state index contributed by atoms with van der Waals surface area (Å²) in [5.74, 6) is 2.12. The van der Waals surface area contributed by atoms with E-state index >= 15 is 0 Å². The second-order valence-corrected chi connectivity index (χ2v) is 8.90. The average molecular weight is 435 g/mol. The van der Waals surface area contributed by atoms with E-state index in [-0.39, 0.29) is 0 Å². The van der Waals surface area contributed by atoms with Crippen molar-refractivity contribution >= 4 is 11.6 Å². The zero-order valence-electron chi connectivity index (χ0n) is 19.1. The van der Waals surface area contributed by atoms with Crippen molar-refractivity contribution in [3.63, 3.8) is 0 Å². The van der Waals surface area contributed by atoms with E-state index < -0.39 is 0 Å². The lowest BCUT2D eigenvalue weighted by molar-refractivity contribution is 0.185. The predicted molar refractivity (Wildman–Crippen MR) is 133 cm³/mol. The fraction of sp³-hybridized carbons (Fsp3) is 0.379. The molecular weight excluding hydrogens is 400 g/mol. The van der Waals surface area contributed by atoms with Crippen molar-refractivity contribution in [1.29, 1.82) is 0 Å². The maximum absolute atomic E-state index is 6.04. The van der Waals surface area contributed by atoms with Gasteiger partial charge in [0.1, 0.15) is 0 Å². The summed E-state index contributed by atoms with van der Waals surface area (Å²) in [5.41, 5.74) is 6.67. The lowest BCUT2D eigenvalue weighted by Gasteiger charge is -2.27. The van der Waals surface area contributed by atoms with Crippen LogP contribution in [0.3, 0.4) is 0 Å². The van der Waals surface area contributed by atoms with Crippen LogP contribution in [0.4, 0.5) is 0 Å². The molecule has 3 aromatic carbocycles. The molecule has 0 radical (unpaired) electrons. The standard InChI is InChI=1S/C29H35ClO/c1-4-25(27-8-6-5-7-9-27)19-29(28-16-10-23(20-30)11-17-28)18-22(2)26-14-12-24(13-15-26)21-31-3/h5-17,22,25,29H,4,18-21H2,1-3H3. The Labute approximate surface area is 193 Å². The molecule has 0 fully saturated rings. The van der Waals surface area contributed by atoms with Crippen LogP contribution in [0.15, 0.2) is 78.9 Å². The Balaban J connectivity index is 1.82. The Hall–Kier alpha value is -2.09. The van der Waals surface area contributed by atoms with Crippen LogP contribution in [-0.2, 0) is 17.2 Å². The van der Waals surface area contributed by atoms with Gasteiger partial charge in [-0.3, -0.25) is 0 Å². The Morgan fingerprint density at radius 1 is 0.710 bits per heavy atom. The number of ether oxygens (including phenoxy) is 1. The number of methoxy groups -OCH3 is 1. The maximum atomic E-state index is 6.04. The van der Waals surface area contributed by atoms with E-state index in [9.17, 15) is 0 Å². The van der Waals surface area contributed by atoms with Crippen LogP contribution in [-0.4, -0.2) is 7.11 Å². The van der Waals surface area contributed by atoms with Gasteiger partial charge in [-0.15, -0.1) is 11.6 Å². The van der Waals surface area contributed by atoms with Gasteiger partial charge in [0.2, 0.25) is 0 Å². The number of hydrogen-bond donors (Lipinski definition) is 0. The highest BCUT2D eigenvalue weighted by Crippen LogP contribution is 2.38. The number of halogens is 1. The average Bonchev–Trinajstić information content (AvgIpc) is 2.83. The van der Waals surface area contributed by atoms with Gasteiger partial charge in [0.15, 0.2) is 0 Å². The van der Waals surface area contributed by atoms with Gasteiger partial charge >= 0.3 is 0 Å². The minimum absolute atomic E-state index is 0.488. The third-order valence-electron chi connectivity index (χ3n) is 6.44. The molecule has 31 heavy (non-hydrogen) atoms. The molecule has 0 heterocycles. The number of alkyl halides is 1. The van der Waals surface area contributed by atoms with Gasteiger partial charge in [-0.1, -0.05) is 92.7 Å². The van der Waals surface area contributed by atoms with Crippen LogP contribution >= 0.6 is 11.6 Å². The van der Waals surface area contributed by atoms with E-state index in [2.05, 4.69) is 92.7 Å². The van der Waals surface area contributed by atoms with Gasteiger partial charge < -0.3 is 4.74 Å². The van der Waals surface area contributed by atoms with Crippen molar-refractivity contribution in [2.45, 2.75) is 63.4 Å². The third kappa shape index (κ3) is 6.69. The van der Waals surface area contributed by atoms with Crippen LogP contribution in [0, 0.1) is 0 Å². The fourth-order valence-electron chi connectivity index (χ4n) is 4.53. The van der Waals surface area contributed by atoms with Crippen molar-refractivity contribution in [1.82, 2.24) is 0 Å². The zero-order chi connectivity index (χ0) is 22.1. The molecule has 0 N–H and O–H groups in total. The van der Waals surface area contributed by atoms with E-state index in [1.165, 1.54) is 27.8 Å². The summed E-state index contributed by atoms with van der Waals surface area (Å²) in [5, 5.41) is 0. The molecule has 0 amide bonds. The monoisotopic (exact) mass is 434 g/mol. The number of rotatable bonds is 11. The van der Waals surface area contributed by atoms with E-state index in [1.54, 1.807) is 7.11 Å². The molecule has 0 aliphatic heterocycles. The fourth-order valence-corrected chi connectivity index (χ4v) is 4.70. The Morgan fingerprint density at radius 3 is 1.87 bits per heavy atom. The maximum Gasteiger partial charge on any atom is 0.0713 e. The second-order valence-electron chi connectivity index (χ2n) is 8.64. The van der Waals surface area contributed by atoms with Gasteiger partial charge in [-0.2, -0.15) is 0 Å². The normalized spacial score (nSPS) is 14.2. The molecule has 0 saturated heterocycles. The molecule has 0 spiro atoms. The largest absolute Gasteiger partial charge is 0.380 e. The topological polar surface area (TPSA) is 9.23 Å². The summed E-state index contributed by atoms with van der Waals surface area (Å²) in [7, 11) is 1.74. The Kier molecular flexibility index (Phi) is 9.18. The molecule has 2 heteroatoms. The van der Waals surface area contributed by atoms with E-state index in [0.29, 0.717) is 30.2 Å². The van der Waals surface area contributed by atoms with Gasteiger partial charge in [0.25, 0.3) is 0 Å². The zero-order valence-corrected chi connectivity index (χ0v) is 19.8. The minimum atomic E-state index is 0.488. The smallest absolute Gasteiger partial charge is 0.0713 e. The van der Waals surface area contributed by atoms with Crippen LogP contribution in [0.1, 0.15) is 78.7 Å². The molecule has 0 saturated carbocycles. The summed E-state index contributed by atoms with van der Waals surface area (Å²) in [6, 6.07) is 28.8. The SMILES string of the molecule is CCC(CC(CC(C)c1ccc(COC)cc1)c1ccc(CCl)cc1)c1ccccc1. The summed E-state index contributed by atoms with van der Waals surface area (Å²) >= 11 is 6.04. The first kappa shape index (κ1) is 23.6. The quantitative estimate of drug-likeness (QED) is 0.275. The van der Waals surface area contributed by atoms with Crippen LogP contribution in [0.2, 0.25) is 0 Å². The molecule has 1 nitrogen and oxygen atoms in total. The van der Waals surface area contributed by atoms with Crippen LogP contribution in [0.25, 0.3) is 0 Å². The summed E-state index contributed by atoms with van der Waals surface area (Å²) in [6.07, 6.45) is 3.44. The number of benzene rings is 3. The lowest BCUT2D eigenvalue weighted by atomic mass is 9.78. The van der Waals surface area contributed by atoms with Crippen molar-refractivity contribution in [2.75, 3.05) is 7.11 Å². The first-order valence-electron chi connectivity index (χ1n) is 11.4. The van der Waals surface area contributed by atoms with Crippen LogP contribution < -0.4 is 0 Å². The van der Waals surface area contributed by atoms with E-state index in [0.717, 1.165) is 19.3 Å². The van der Waals surface area contributed by atoms with Crippen molar-refractivity contribution in [3.8, 4) is 0 Å². The molecule has 0 bridgehead atoms.